The zero-order chi connectivity index (χ0) is 11.1. The highest BCUT2D eigenvalue weighted by molar-refractivity contribution is 7.99. The Kier molecular flexibility index (Phi) is 5.76. The van der Waals surface area contributed by atoms with Gasteiger partial charge in [-0.05, 0) is 5.56 Å². The number of methoxy groups -OCH3 is 1. The molecule has 1 aromatic carbocycles. The molecule has 0 radical (unpaired) electrons. The molecule has 0 aliphatic rings. The second kappa shape index (κ2) is 6.88. The average Bonchev–Trinajstić information content (AvgIpc) is 2.29. The lowest BCUT2D eigenvalue weighted by Gasteiger charge is -2.19. The molecule has 84 valence electrons. The van der Waals surface area contributed by atoms with Crippen LogP contribution in [-0.2, 0) is 4.74 Å². The summed E-state index contributed by atoms with van der Waals surface area (Å²) in [5, 5.41) is 0.419. The smallest absolute Gasteiger partial charge is 0.0553 e. The minimum Gasteiger partial charge on any atom is -0.384 e. The summed E-state index contributed by atoms with van der Waals surface area (Å²) in [6.07, 6.45) is 0. The molecule has 2 N–H and O–H groups in total. The summed E-state index contributed by atoms with van der Waals surface area (Å²) in [6, 6.07) is 10.3. The lowest BCUT2D eigenvalue weighted by Crippen LogP contribution is -2.21. The maximum atomic E-state index is 6.16. The van der Waals surface area contributed by atoms with Gasteiger partial charge in [-0.3, -0.25) is 0 Å². The van der Waals surface area contributed by atoms with Gasteiger partial charge in [0.15, 0.2) is 0 Å². The highest BCUT2D eigenvalue weighted by Gasteiger charge is 2.14. The van der Waals surface area contributed by atoms with Crippen LogP contribution in [0.3, 0.4) is 0 Å². The van der Waals surface area contributed by atoms with Gasteiger partial charge in [-0.15, -0.1) is 0 Å². The van der Waals surface area contributed by atoms with E-state index in [-0.39, 0.29) is 6.04 Å². The van der Waals surface area contributed by atoms with Gasteiger partial charge in [0.1, 0.15) is 0 Å². The summed E-state index contributed by atoms with van der Waals surface area (Å²) < 4.78 is 5.02. The molecule has 2 atom stereocenters. The van der Waals surface area contributed by atoms with Crippen LogP contribution in [0.15, 0.2) is 30.3 Å². The summed E-state index contributed by atoms with van der Waals surface area (Å²) in [6.45, 7) is 2.95. The number of hydrogen-bond acceptors (Lipinski definition) is 3. The molecule has 0 amide bonds. The Balaban J connectivity index is 2.42. The molecule has 2 nitrogen and oxygen atoms in total. The van der Waals surface area contributed by atoms with Crippen LogP contribution < -0.4 is 5.73 Å². The van der Waals surface area contributed by atoms with Crippen molar-refractivity contribution in [1.82, 2.24) is 0 Å². The fraction of sp³-hybridized carbons (Fsp3) is 0.500. The third-order valence-electron chi connectivity index (χ3n) is 2.36. The van der Waals surface area contributed by atoms with Gasteiger partial charge >= 0.3 is 0 Å². The Bertz CT molecular complexity index is 266. The topological polar surface area (TPSA) is 35.2 Å². The Morgan fingerprint density at radius 3 is 2.60 bits per heavy atom. The Morgan fingerprint density at radius 1 is 1.33 bits per heavy atom. The second-order valence-electron chi connectivity index (χ2n) is 3.51. The minimum absolute atomic E-state index is 0.105. The van der Waals surface area contributed by atoms with Gasteiger partial charge in [0, 0.05) is 24.2 Å². The van der Waals surface area contributed by atoms with Crippen molar-refractivity contribution in [3.8, 4) is 0 Å². The van der Waals surface area contributed by atoms with Crippen molar-refractivity contribution in [2.45, 2.75) is 18.2 Å². The van der Waals surface area contributed by atoms with Crippen molar-refractivity contribution in [3.63, 3.8) is 0 Å². The number of thioether (sulfide) groups is 1. The first kappa shape index (κ1) is 12.6. The first-order valence-electron chi connectivity index (χ1n) is 5.16. The van der Waals surface area contributed by atoms with E-state index in [0.717, 1.165) is 12.4 Å². The average molecular weight is 225 g/mol. The van der Waals surface area contributed by atoms with Crippen molar-refractivity contribution in [1.29, 1.82) is 0 Å². The summed E-state index contributed by atoms with van der Waals surface area (Å²) in [5.41, 5.74) is 7.36. The van der Waals surface area contributed by atoms with Crippen molar-refractivity contribution in [2.24, 2.45) is 5.73 Å². The second-order valence-corrected chi connectivity index (χ2v) is 4.99. The van der Waals surface area contributed by atoms with Gasteiger partial charge < -0.3 is 10.5 Å². The van der Waals surface area contributed by atoms with Gasteiger partial charge in [0.05, 0.1) is 6.61 Å². The Labute approximate surface area is 96.2 Å². The fourth-order valence-corrected chi connectivity index (χ4v) is 2.37. The third-order valence-corrected chi connectivity index (χ3v) is 3.58. The fourth-order valence-electron chi connectivity index (χ4n) is 1.37. The Morgan fingerprint density at radius 2 is 2.00 bits per heavy atom. The molecule has 0 aliphatic heterocycles. The van der Waals surface area contributed by atoms with Crippen molar-refractivity contribution in [2.75, 3.05) is 19.5 Å². The van der Waals surface area contributed by atoms with Gasteiger partial charge in [-0.1, -0.05) is 37.3 Å². The van der Waals surface area contributed by atoms with E-state index in [9.17, 15) is 0 Å². The summed E-state index contributed by atoms with van der Waals surface area (Å²) in [4.78, 5) is 0. The van der Waals surface area contributed by atoms with Crippen molar-refractivity contribution >= 4 is 11.8 Å². The standard InChI is InChI=1S/C12H19NOS/c1-10(15-9-8-14-2)12(13)11-6-4-3-5-7-11/h3-7,10,12H,8-9,13H2,1-2H3. The predicted octanol–water partition coefficient (Wildman–Crippen LogP) is 2.45. The van der Waals surface area contributed by atoms with E-state index in [1.54, 1.807) is 7.11 Å². The Hall–Kier alpha value is -0.510. The van der Waals surface area contributed by atoms with E-state index in [1.807, 2.05) is 30.0 Å². The van der Waals surface area contributed by atoms with Crippen LogP contribution in [0.2, 0.25) is 0 Å². The van der Waals surface area contributed by atoms with Crippen LogP contribution >= 0.6 is 11.8 Å². The number of nitrogens with two attached hydrogens (primary N) is 1. The first-order chi connectivity index (χ1) is 7.25. The molecule has 0 bridgehead atoms. The van der Waals surface area contributed by atoms with Crippen molar-refractivity contribution in [3.05, 3.63) is 35.9 Å². The minimum atomic E-state index is 0.105. The van der Waals surface area contributed by atoms with Gasteiger partial charge in [0.25, 0.3) is 0 Å². The van der Waals surface area contributed by atoms with Crippen LogP contribution in [0.1, 0.15) is 18.5 Å². The highest BCUT2D eigenvalue weighted by Crippen LogP contribution is 2.23. The van der Waals surface area contributed by atoms with Crippen LogP contribution in [-0.4, -0.2) is 24.7 Å². The van der Waals surface area contributed by atoms with E-state index in [0.29, 0.717) is 5.25 Å². The maximum absolute atomic E-state index is 6.16. The zero-order valence-electron chi connectivity index (χ0n) is 9.35. The number of rotatable bonds is 6. The molecule has 0 saturated carbocycles. The molecule has 0 heterocycles. The van der Waals surface area contributed by atoms with Crippen LogP contribution in [0.25, 0.3) is 0 Å². The van der Waals surface area contributed by atoms with Crippen LogP contribution in [0.4, 0.5) is 0 Å². The number of hydrogen-bond donors (Lipinski definition) is 1. The molecule has 0 fully saturated rings. The van der Waals surface area contributed by atoms with Gasteiger partial charge in [0.2, 0.25) is 0 Å². The summed E-state index contributed by atoms with van der Waals surface area (Å²) in [5.74, 6) is 0.998. The summed E-state index contributed by atoms with van der Waals surface area (Å²) in [7, 11) is 1.72. The predicted molar refractivity (Wildman–Crippen MR) is 67.2 cm³/mol. The molecule has 0 aliphatic carbocycles. The number of ether oxygens (including phenoxy) is 1. The molecule has 15 heavy (non-hydrogen) atoms. The van der Waals surface area contributed by atoms with Gasteiger partial charge in [-0.2, -0.15) is 11.8 Å². The molecule has 3 heteroatoms. The van der Waals surface area contributed by atoms with Crippen LogP contribution in [0, 0.1) is 0 Å². The van der Waals surface area contributed by atoms with E-state index in [4.69, 9.17) is 10.5 Å². The van der Waals surface area contributed by atoms with E-state index < -0.39 is 0 Å². The lowest BCUT2D eigenvalue weighted by atomic mass is 10.1. The summed E-state index contributed by atoms with van der Waals surface area (Å²) >= 11 is 1.85. The van der Waals surface area contributed by atoms with E-state index in [2.05, 4.69) is 19.1 Å². The molecule has 0 aromatic heterocycles. The molecule has 1 aromatic rings. The van der Waals surface area contributed by atoms with Crippen molar-refractivity contribution < 1.29 is 4.74 Å². The van der Waals surface area contributed by atoms with E-state index >= 15 is 0 Å². The molecule has 2 unspecified atom stereocenters. The SMILES string of the molecule is COCCSC(C)C(N)c1ccccc1. The molecule has 0 spiro atoms. The number of benzene rings is 1. The quantitative estimate of drug-likeness (QED) is 0.755. The lowest BCUT2D eigenvalue weighted by molar-refractivity contribution is 0.218. The monoisotopic (exact) mass is 225 g/mol. The molecule has 0 saturated heterocycles. The zero-order valence-corrected chi connectivity index (χ0v) is 10.2. The van der Waals surface area contributed by atoms with Gasteiger partial charge in [-0.25, -0.2) is 0 Å². The largest absolute Gasteiger partial charge is 0.384 e. The normalized spacial score (nSPS) is 14.9. The molecule has 1 rings (SSSR count). The molecular weight excluding hydrogens is 206 g/mol. The third kappa shape index (κ3) is 4.24. The highest BCUT2D eigenvalue weighted by atomic mass is 32.2. The van der Waals surface area contributed by atoms with Crippen LogP contribution in [0.5, 0.6) is 0 Å². The van der Waals surface area contributed by atoms with E-state index in [1.165, 1.54) is 5.56 Å². The molecular formula is C12H19NOS. The first-order valence-corrected chi connectivity index (χ1v) is 6.21. The maximum Gasteiger partial charge on any atom is 0.0553 e.